The van der Waals surface area contributed by atoms with Crippen molar-refractivity contribution in [2.45, 2.75) is 4.90 Å². The Balaban J connectivity index is 1.84. The normalized spacial score (nSPS) is 11.5. The summed E-state index contributed by atoms with van der Waals surface area (Å²) in [5.41, 5.74) is -0.245. The van der Waals surface area contributed by atoms with E-state index in [0.717, 1.165) is 23.5 Å². The van der Waals surface area contributed by atoms with Crippen molar-refractivity contribution >= 4 is 59.7 Å². The number of nitrogens with zero attached hydrogens (tertiary/aromatic N) is 3. The second-order valence-electron chi connectivity index (χ2n) is 7.29. The largest absolute Gasteiger partial charge is 0.413 e. The van der Waals surface area contributed by atoms with Crippen LogP contribution in [0.25, 0.3) is 21.1 Å². The van der Waals surface area contributed by atoms with Crippen LogP contribution in [0.3, 0.4) is 0 Å². The fourth-order valence-corrected chi connectivity index (χ4v) is 5.85. The Bertz CT molecular complexity index is 1790. The zero-order valence-corrected chi connectivity index (χ0v) is 19.2. The van der Waals surface area contributed by atoms with Crippen LogP contribution in [0.2, 0.25) is 0 Å². The van der Waals surface area contributed by atoms with Gasteiger partial charge in [-0.05, 0) is 24.3 Å². The number of amides is 1. The van der Waals surface area contributed by atoms with E-state index in [1.807, 2.05) is 0 Å². The number of hydrogen-bond donors (Lipinski definition) is 0. The van der Waals surface area contributed by atoms with E-state index in [9.17, 15) is 28.1 Å². The summed E-state index contributed by atoms with van der Waals surface area (Å²) >= 11 is 0.762. The highest BCUT2D eigenvalue weighted by Crippen LogP contribution is 2.38. The third-order valence-corrected chi connectivity index (χ3v) is 7.66. The summed E-state index contributed by atoms with van der Waals surface area (Å²) in [7, 11) is -4.66. The van der Waals surface area contributed by atoms with Crippen LogP contribution in [0, 0.1) is 10.1 Å². The van der Waals surface area contributed by atoms with Gasteiger partial charge in [-0.25, -0.2) is 13.2 Å². The summed E-state index contributed by atoms with van der Waals surface area (Å²) in [6.07, 6.45) is 2.65. The van der Waals surface area contributed by atoms with Crippen molar-refractivity contribution in [3.63, 3.8) is 0 Å². The standard InChI is InChI=1S/C23H13N3O7S2/c27-22(14-5-4-10-24-13-14)25(35(31,32)16-7-3-6-15(11-16)26(29)30)19-12-20-21(33-23(28)34-20)18-9-2-1-8-17(18)19/h1-13H. The van der Waals surface area contributed by atoms with Gasteiger partial charge in [-0.3, -0.25) is 19.9 Å². The van der Waals surface area contributed by atoms with E-state index in [1.54, 1.807) is 24.3 Å². The molecule has 2 heterocycles. The SMILES string of the molecule is O=C(c1cccnc1)N(c1cc2sc(=O)oc2c2ccccc12)S(=O)(=O)c1cccc([N+](=O)[O-])c1. The highest BCUT2D eigenvalue weighted by Gasteiger charge is 2.35. The van der Waals surface area contributed by atoms with Crippen molar-refractivity contribution in [1.82, 2.24) is 4.98 Å². The maximum atomic E-state index is 13.9. The van der Waals surface area contributed by atoms with Gasteiger partial charge < -0.3 is 4.42 Å². The number of carbonyl (C=O) groups is 1. The van der Waals surface area contributed by atoms with Crippen LogP contribution >= 0.6 is 11.3 Å². The van der Waals surface area contributed by atoms with Gasteiger partial charge in [-0.15, -0.1) is 0 Å². The Morgan fingerprint density at radius 3 is 2.51 bits per heavy atom. The molecule has 0 bridgehead atoms. The fraction of sp³-hybridized carbons (Fsp3) is 0. The van der Waals surface area contributed by atoms with Crippen LogP contribution in [0.4, 0.5) is 11.4 Å². The van der Waals surface area contributed by atoms with Gasteiger partial charge in [0.2, 0.25) is 0 Å². The molecule has 10 nitrogen and oxygen atoms in total. The number of fused-ring (bicyclic) bond motifs is 3. The number of non-ortho nitro benzene ring substituents is 1. The van der Waals surface area contributed by atoms with Gasteiger partial charge in [-0.1, -0.05) is 41.7 Å². The Hall–Kier alpha value is -4.42. The lowest BCUT2D eigenvalue weighted by molar-refractivity contribution is -0.385. The van der Waals surface area contributed by atoms with Crippen LogP contribution in [0.1, 0.15) is 10.4 Å². The molecule has 174 valence electrons. The fourth-order valence-electron chi connectivity index (χ4n) is 3.67. The molecule has 0 saturated carbocycles. The van der Waals surface area contributed by atoms with Crippen LogP contribution in [0.15, 0.2) is 93.2 Å². The molecular formula is C23H13N3O7S2. The first-order valence-corrected chi connectivity index (χ1v) is 12.2. The van der Waals surface area contributed by atoms with Crippen molar-refractivity contribution in [3.05, 3.63) is 105 Å². The van der Waals surface area contributed by atoms with E-state index in [0.29, 0.717) is 19.8 Å². The summed E-state index contributed by atoms with van der Waals surface area (Å²) in [5, 5.41) is 12.0. The molecule has 1 amide bonds. The number of nitro groups is 1. The molecular weight excluding hydrogens is 494 g/mol. The molecule has 0 aliphatic carbocycles. The molecule has 0 aliphatic rings. The van der Waals surface area contributed by atoms with Crippen molar-refractivity contribution in [2.75, 3.05) is 4.31 Å². The molecule has 0 radical (unpaired) electrons. The topological polar surface area (TPSA) is 141 Å². The quantitative estimate of drug-likeness (QED) is 0.253. The number of anilines is 1. The molecule has 0 atom stereocenters. The van der Waals surface area contributed by atoms with E-state index in [2.05, 4.69) is 4.98 Å². The van der Waals surface area contributed by atoms with E-state index < -0.39 is 36.4 Å². The van der Waals surface area contributed by atoms with Gasteiger partial charge in [0.25, 0.3) is 21.6 Å². The maximum absolute atomic E-state index is 13.9. The molecule has 0 fully saturated rings. The van der Waals surface area contributed by atoms with Gasteiger partial charge in [0, 0.05) is 35.3 Å². The number of rotatable bonds is 5. The van der Waals surface area contributed by atoms with Gasteiger partial charge in [-0.2, -0.15) is 4.31 Å². The lowest BCUT2D eigenvalue weighted by atomic mass is 10.1. The zero-order valence-electron chi connectivity index (χ0n) is 17.5. The Morgan fingerprint density at radius 2 is 1.80 bits per heavy atom. The lowest BCUT2D eigenvalue weighted by Crippen LogP contribution is -2.37. The van der Waals surface area contributed by atoms with Gasteiger partial charge in [0.1, 0.15) is 0 Å². The molecule has 3 aromatic carbocycles. The molecule has 2 aromatic heterocycles. The average Bonchev–Trinajstić information content (AvgIpc) is 3.25. The van der Waals surface area contributed by atoms with E-state index in [-0.39, 0.29) is 16.8 Å². The number of aromatic nitrogens is 1. The predicted octanol–water partition coefficient (Wildman–Crippen LogP) is 4.35. The minimum absolute atomic E-state index is 0.0222. The van der Waals surface area contributed by atoms with Crippen LogP contribution in [0.5, 0.6) is 0 Å². The minimum atomic E-state index is -4.66. The molecule has 0 N–H and O–H groups in total. The number of sulfonamides is 1. The number of benzene rings is 3. The Kier molecular flexibility index (Phi) is 5.38. The smallest absolute Gasteiger partial charge is 0.396 e. The minimum Gasteiger partial charge on any atom is -0.413 e. The van der Waals surface area contributed by atoms with Gasteiger partial charge in [0.15, 0.2) is 5.58 Å². The van der Waals surface area contributed by atoms with E-state index in [1.165, 1.54) is 42.7 Å². The third kappa shape index (κ3) is 3.84. The Morgan fingerprint density at radius 1 is 1.03 bits per heavy atom. The summed E-state index contributed by atoms with van der Waals surface area (Å²) in [6, 6.07) is 15.3. The molecule has 5 rings (SSSR count). The number of nitro benzene ring substituents is 1. The highest BCUT2D eigenvalue weighted by atomic mass is 32.2. The van der Waals surface area contributed by atoms with Gasteiger partial charge in [0.05, 0.1) is 25.8 Å². The molecule has 35 heavy (non-hydrogen) atoms. The number of pyridine rings is 1. The lowest BCUT2D eigenvalue weighted by Gasteiger charge is -2.24. The van der Waals surface area contributed by atoms with E-state index in [4.69, 9.17) is 4.42 Å². The van der Waals surface area contributed by atoms with Crippen molar-refractivity contribution < 1.29 is 22.6 Å². The second-order valence-corrected chi connectivity index (χ2v) is 10.1. The number of carbonyl (C=O) groups excluding carboxylic acids is 1. The van der Waals surface area contributed by atoms with Crippen LogP contribution in [-0.2, 0) is 10.0 Å². The predicted molar refractivity (Wildman–Crippen MR) is 129 cm³/mol. The zero-order chi connectivity index (χ0) is 24.7. The first-order chi connectivity index (χ1) is 16.8. The van der Waals surface area contributed by atoms with Crippen LogP contribution in [-0.4, -0.2) is 24.2 Å². The van der Waals surface area contributed by atoms with Crippen molar-refractivity contribution in [1.29, 1.82) is 0 Å². The van der Waals surface area contributed by atoms with E-state index >= 15 is 0 Å². The molecule has 0 spiro atoms. The molecule has 5 aromatic rings. The summed E-state index contributed by atoms with van der Waals surface area (Å²) in [4.78, 5) is 39.1. The van der Waals surface area contributed by atoms with Crippen molar-refractivity contribution in [2.24, 2.45) is 0 Å². The summed E-state index contributed by atoms with van der Waals surface area (Å²) in [5.74, 6) is -0.926. The summed E-state index contributed by atoms with van der Waals surface area (Å²) < 4.78 is 34.0. The molecule has 0 saturated heterocycles. The molecule has 0 unspecified atom stereocenters. The number of hydrogen-bond acceptors (Lipinski definition) is 9. The third-order valence-electron chi connectivity index (χ3n) is 5.20. The summed E-state index contributed by atoms with van der Waals surface area (Å²) in [6.45, 7) is 0. The molecule has 0 aliphatic heterocycles. The average molecular weight is 508 g/mol. The molecule has 12 heteroatoms. The van der Waals surface area contributed by atoms with Crippen LogP contribution < -0.4 is 9.24 Å². The first-order valence-electron chi connectivity index (χ1n) is 9.97. The second kappa shape index (κ2) is 8.42. The first kappa shape index (κ1) is 22.4. The Labute approximate surface area is 200 Å². The highest BCUT2D eigenvalue weighted by molar-refractivity contribution is 7.93. The van der Waals surface area contributed by atoms with Crippen molar-refractivity contribution in [3.8, 4) is 0 Å². The van der Waals surface area contributed by atoms with Gasteiger partial charge >= 0.3 is 4.94 Å². The maximum Gasteiger partial charge on any atom is 0.396 e. The monoisotopic (exact) mass is 507 g/mol.